The lowest BCUT2D eigenvalue weighted by Crippen LogP contribution is -2.22. The van der Waals surface area contributed by atoms with E-state index in [4.69, 9.17) is 10.5 Å². The first-order valence-corrected chi connectivity index (χ1v) is 10.9. The first kappa shape index (κ1) is 22.7. The lowest BCUT2D eigenvalue weighted by molar-refractivity contribution is -0.115. The van der Waals surface area contributed by atoms with Gasteiger partial charge < -0.3 is 15.8 Å². The van der Waals surface area contributed by atoms with Crippen LogP contribution in [0.4, 0.5) is 24.9 Å². The van der Waals surface area contributed by atoms with Gasteiger partial charge >= 0.3 is 6.18 Å². The minimum atomic E-state index is -4.48. The Bertz CT molecular complexity index is 1220. The van der Waals surface area contributed by atoms with Gasteiger partial charge in [-0.3, -0.25) is 0 Å². The van der Waals surface area contributed by atoms with Crippen LogP contribution in [0.5, 0.6) is 0 Å². The molecule has 0 saturated heterocycles. The topological polar surface area (TPSA) is 120 Å². The molecule has 0 amide bonds. The van der Waals surface area contributed by atoms with E-state index in [9.17, 15) is 21.6 Å². The SMILES string of the molecule is COCCc1cc(-c2cccc(S(C)(=O)=O)c2)nc2c(NCC(F)(F)F)nc(N)nc12. The van der Waals surface area contributed by atoms with Gasteiger partial charge in [0.05, 0.1) is 22.7 Å². The lowest BCUT2D eigenvalue weighted by Gasteiger charge is -2.14. The Morgan fingerprint density at radius 2 is 1.87 bits per heavy atom. The molecular weight excluding hydrogens is 435 g/mol. The van der Waals surface area contributed by atoms with Crippen molar-refractivity contribution in [3.8, 4) is 11.3 Å². The number of ether oxygens (including phenoxy) is 1. The monoisotopic (exact) mass is 455 g/mol. The number of nitrogens with two attached hydrogens (primary N) is 1. The van der Waals surface area contributed by atoms with Crippen LogP contribution in [0.1, 0.15) is 5.56 Å². The number of anilines is 2. The Balaban J connectivity index is 2.22. The lowest BCUT2D eigenvalue weighted by atomic mass is 10.1. The predicted octanol–water partition coefficient (Wildman–Crippen LogP) is 2.84. The number of nitrogen functional groups attached to an aromatic ring is 1. The third-order valence-electron chi connectivity index (χ3n) is 4.34. The summed E-state index contributed by atoms with van der Waals surface area (Å²) in [7, 11) is -1.95. The molecule has 0 saturated carbocycles. The summed E-state index contributed by atoms with van der Waals surface area (Å²) >= 11 is 0. The van der Waals surface area contributed by atoms with Crippen LogP contribution < -0.4 is 11.1 Å². The van der Waals surface area contributed by atoms with E-state index in [-0.39, 0.29) is 27.7 Å². The van der Waals surface area contributed by atoms with Crippen molar-refractivity contribution < 1.29 is 26.3 Å². The van der Waals surface area contributed by atoms with Gasteiger partial charge in [0.1, 0.15) is 12.1 Å². The summed E-state index contributed by atoms with van der Waals surface area (Å²) in [5.41, 5.74) is 7.54. The number of halogens is 3. The normalized spacial score (nSPS) is 12.3. The van der Waals surface area contributed by atoms with E-state index in [0.717, 1.165) is 6.26 Å². The average molecular weight is 455 g/mol. The second-order valence-corrected chi connectivity index (χ2v) is 8.82. The molecule has 2 heterocycles. The molecule has 0 unspecified atom stereocenters. The van der Waals surface area contributed by atoms with Crippen molar-refractivity contribution >= 4 is 32.6 Å². The summed E-state index contributed by atoms with van der Waals surface area (Å²) in [5.74, 6) is -0.371. The fourth-order valence-electron chi connectivity index (χ4n) is 2.93. The fraction of sp³-hybridized carbons (Fsp3) is 0.316. The molecule has 31 heavy (non-hydrogen) atoms. The molecule has 8 nitrogen and oxygen atoms in total. The summed E-state index contributed by atoms with van der Waals surface area (Å²) in [5, 5.41) is 2.22. The highest BCUT2D eigenvalue weighted by molar-refractivity contribution is 7.90. The van der Waals surface area contributed by atoms with Crippen LogP contribution in [0.25, 0.3) is 22.3 Å². The molecule has 0 atom stereocenters. The van der Waals surface area contributed by atoms with E-state index in [2.05, 4.69) is 20.3 Å². The number of benzene rings is 1. The molecule has 3 N–H and O–H groups in total. The number of nitrogens with one attached hydrogen (secondary N) is 1. The van der Waals surface area contributed by atoms with E-state index in [0.29, 0.717) is 29.8 Å². The van der Waals surface area contributed by atoms with Gasteiger partial charge in [0.15, 0.2) is 15.7 Å². The second-order valence-electron chi connectivity index (χ2n) is 6.81. The van der Waals surface area contributed by atoms with Gasteiger partial charge in [0.25, 0.3) is 0 Å². The van der Waals surface area contributed by atoms with Crippen molar-refractivity contribution in [3.05, 3.63) is 35.9 Å². The van der Waals surface area contributed by atoms with Crippen molar-refractivity contribution in [2.45, 2.75) is 17.5 Å². The maximum absolute atomic E-state index is 12.8. The molecule has 2 aromatic heterocycles. The Kier molecular flexibility index (Phi) is 6.32. The van der Waals surface area contributed by atoms with Crippen molar-refractivity contribution in [1.82, 2.24) is 15.0 Å². The first-order chi connectivity index (χ1) is 14.5. The minimum absolute atomic E-state index is 0.0896. The van der Waals surface area contributed by atoms with Gasteiger partial charge in [-0.2, -0.15) is 18.2 Å². The van der Waals surface area contributed by atoms with Crippen LogP contribution in [0.3, 0.4) is 0 Å². The highest BCUT2D eigenvalue weighted by atomic mass is 32.2. The molecule has 0 bridgehead atoms. The number of alkyl halides is 3. The van der Waals surface area contributed by atoms with Crippen LogP contribution in [0.2, 0.25) is 0 Å². The van der Waals surface area contributed by atoms with Gasteiger partial charge in [-0.25, -0.2) is 18.4 Å². The summed E-state index contributed by atoms with van der Waals surface area (Å²) in [6.07, 6.45) is -3.02. The maximum Gasteiger partial charge on any atom is 0.405 e. The third kappa shape index (κ3) is 5.58. The molecule has 0 fully saturated rings. The quantitative estimate of drug-likeness (QED) is 0.558. The molecule has 166 valence electrons. The van der Waals surface area contributed by atoms with Crippen LogP contribution in [-0.2, 0) is 21.0 Å². The number of rotatable bonds is 7. The van der Waals surface area contributed by atoms with Crippen molar-refractivity contribution in [1.29, 1.82) is 0 Å². The smallest absolute Gasteiger partial charge is 0.384 e. The minimum Gasteiger partial charge on any atom is -0.384 e. The molecule has 0 spiro atoms. The number of pyridine rings is 1. The Hall–Kier alpha value is -2.99. The van der Waals surface area contributed by atoms with E-state index < -0.39 is 22.6 Å². The summed E-state index contributed by atoms with van der Waals surface area (Å²) in [6.45, 7) is -1.02. The van der Waals surface area contributed by atoms with Crippen LogP contribution >= 0.6 is 0 Å². The van der Waals surface area contributed by atoms with Gasteiger partial charge in [-0.05, 0) is 30.2 Å². The molecule has 3 rings (SSSR count). The molecule has 1 aromatic carbocycles. The highest BCUT2D eigenvalue weighted by Crippen LogP contribution is 2.30. The number of fused-ring (bicyclic) bond motifs is 1. The van der Waals surface area contributed by atoms with Crippen molar-refractivity contribution in [2.75, 3.05) is 37.6 Å². The number of hydrogen-bond acceptors (Lipinski definition) is 8. The predicted molar refractivity (Wildman–Crippen MR) is 110 cm³/mol. The van der Waals surface area contributed by atoms with Crippen molar-refractivity contribution in [3.63, 3.8) is 0 Å². The zero-order valence-corrected chi connectivity index (χ0v) is 17.5. The third-order valence-corrected chi connectivity index (χ3v) is 5.45. The van der Waals surface area contributed by atoms with Gasteiger partial charge in [0.2, 0.25) is 5.95 Å². The molecule has 3 aromatic rings. The molecule has 12 heteroatoms. The Morgan fingerprint density at radius 3 is 2.52 bits per heavy atom. The van der Waals surface area contributed by atoms with E-state index in [1.54, 1.807) is 18.2 Å². The molecule has 0 radical (unpaired) electrons. The zero-order valence-electron chi connectivity index (χ0n) is 16.7. The first-order valence-electron chi connectivity index (χ1n) is 9.05. The maximum atomic E-state index is 12.8. The number of aromatic nitrogens is 3. The molecule has 0 aliphatic carbocycles. The summed E-state index contributed by atoms with van der Waals surface area (Å²) < 4.78 is 67.2. The number of methoxy groups -OCH3 is 1. The number of sulfone groups is 1. The highest BCUT2D eigenvalue weighted by Gasteiger charge is 2.28. The standard InChI is InChI=1S/C19H20F3N5O3S/c1-30-7-6-12-9-14(11-4-3-5-13(8-11)31(2,28)29)25-16-15(12)26-18(23)27-17(16)24-10-19(20,21)22/h3-5,8-9H,6-7,10H2,1-2H3,(H3,23,24,26,27). The Labute approximate surface area is 176 Å². The fourth-order valence-corrected chi connectivity index (χ4v) is 3.60. The Morgan fingerprint density at radius 1 is 1.13 bits per heavy atom. The van der Waals surface area contributed by atoms with Crippen molar-refractivity contribution in [2.24, 2.45) is 0 Å². The number of hydrogen-bond donors (Lipinski definition) is 2. The van der Waals surface area contributed by atoms with Gasteiger partial charge in [0, 0.05) is 18.9 Å². The number of nitrogens with zero attached hydrogens (tertiary/aromatic N) is 3. The van der Waals surface area contributed by atoms with Crippen LogP contribution in [-0.4, -0.2) is 56.1 Å². The van der Waals surface area contributed by atoms with Crippen LogP contribution in [0.15, 0.2) is 35.2 Å². The zero-order chi connectivity index (χ0) is 22.8. The second kappa shape index (κ2) is 8.63. The molecule has 0 aliphatic heterocycles. The van der Waals surface area contributed by atoms with E-state index >= 15 is 0 Å². The summed E-state index contributed by atoms with van der Waals surface area (Å²) in [6, 6.07) is 7.80. The molecular formula is C19H20F3N5O3S. The van der Waals surface area contributed by atoms with Crippen LogP contribution in [0, 0.1) is 0 Å². The largest absolute Gasteiger partial charge is 0.405 e. The van der Waals surface area contributed by atoms with E-state index in [1.807, 2.05) is 0 Å². The van der Waals surface area contributed by atoms with Gasteiger partial charge in [-0.1, -0.05) is 12.1 Å². The summed E-state index contributed by atoms with van der Waals surface area (Å²) in [4.78, 5) is 12.6. The molecule has 0 aliphatic rings. The van der Waals surface area contributed by atoms with Gasteiger partial charge in [-0.15, -0.1) is 0 Å². The average Bonchev–Trinajstić information content (AvgIpc) is 2.69. The van der Waals surface area contributed by atoms with E-state index in [1.165, 1.54) is 19.2 Å².